The van der Waals surface area contributed by atoms with E-state index in [1.54, 1.807) is 24.3 Å². The molecule has 1 N–H and O–H groups in total. The zero-order chi connectivity index (χ0) is 19.7. The number of nitrogens with zero attached hydrogens (tertiary/aromatic N) is 3. The Bertz CT molecular complexity index is 879. The Morgan fingerprint density at radius 1 is 0.964 bits per heavy atom. The van der Waals surface area contributed by atoms with Gasteiger partial charge in [-0.1, -0.05) is 35.9 Å². The summed E-state index contributed by atoms with van der Waals surface area (Å²) in [6, 6.07) is 14.1. The lowest BCUT2D eigenvalue weighted by Crippen LogP contribution is -2.52. The third-order valence-electron chi connectivity index (χ3n) is 5.45. The van der Waals surface area contributed by atoms with E-state index in [1.165, 1.54) is 4.90 Å². The summed E-state index contributed by atoms with van der Waals surface area (Å²) in [6.07, 6.45) is 0.225. The summed E-state index contributed by atoms with van der Waals surface area (Å²) < 4.78 is 0. The van der Waals surface area contributed by atoms with Crippen molar-refractivity contribution in [2.24, 2.45) is 0 Å². The normalized spacial score (nSPS) is 20.8. The van der Waals surface area contributed by atoms with Crippen molar-refractivity contribution in [2.45, 2.75) is 19.0 Å². The second-order valence-corrected chi connectivity index (χ2v) is 7.61. The summed E-state index contributed by atoms with van der Waals surface area (Å²) >= 11 is 5.90. The Labute approximate surface area is 168 Å². The number of para-hydroxylation sites is 2. The van der Waals surface area contributed by atoms with Gasteiger partial charge in [0.05, 0.1) is 24.7 Å². The number of carbonyl (C=O) groups is 2. The molecule has 0 saturated carbocycles. The van der Waals surface area contributed by atoms with Crippen molar-refractivity contribution in [1.82, 2.24) is 9.80 Å². The first-order chi connectivity index (χ1) is 13.5. The molecule has 2 heterocycles. The number of rotatable bonds is 4. The van der Waals surface area contributed by atoms with E-state index >= 15 is 0 Å². The number of hydrogen-bond acceptors (Lipinski definition) is 5. The van der Waals surface area contributed by atoms with Crippen molar-refractivity contribution in [2.75, 3.05) is 31.1 Å². The monoisotopic (exact) mass is 399 g/mol. The summed E-state index contributed by atoms with van der Waals surface area (Å²) in [5.41, 5.74) is 1.69. The van der Waals surface area contributed by atoms with Crippen molar-refractivity contribution in [3.8, 4) is 5.75 Å². The molecule has 0 aliphatic carbocycles. The molecule has 2 saturated heterocycles. The van der Waals surface area contributed by atoms with E-state index in [2.05, 4.69) is 9.80 Å². The third kappa shape index (κ3) is 3.70. The van der Waals surface area contributed by atoms with Gasteiger partial charge in [-0.3, -0.25) is 19.4 Å². The number of hydrogen-bond donors (Lipinski definition) is 1. The number of likely N-dealkylation sites (tertiary alicyclic amines) is 1. The van der Waals surface area contributed by atoms with Crippen molar-refractivity contribution >= 4 is 29.1 Å². The number of imide groups is 1. The zero-order valence-electron chi connectivity index (χ0n) is 15.4. The molecule has 2 aliphatic rings. The summed E-state index contributed by atoms with van der Waals surface area (Å²) in [5.74, 6) is 0.00116. The van der Waals surface area contributed by atoms with Gasteiger partial charge in [-0.05, 0) is 29.8 Å². The molecule has 1 atom stereocenters. The van der Waals surface area contributed by atoms with Gasteiger partial charge in [-0.2, -0.15) is 0 Å². The van der Waals surface area contributed by atoms with Gasteiger partial charge in [0, 0.05) is 31.2 Å². The average molecular weight is 400 g/mol. The summed E-state index contributed by atoms with van der Waals surface area (Å²) in [4.78, 5) is 30.9. The largest absolute Gasteiger partial charge is 0.506 e. The molecule has 2 fully saturated rings. The number of amides is 2. The van der Waals surface area contributed by atoms with Crippen molar-refractivity contribution in [3.05, 3.63) is 59.1 Å². The molecule has 0 spiro atoms. The molecule has 146 valence electrons. The Balaban J connectivity index is 1.39. The highest BCUT2D eigenvalue weighted by molar-refractivity contribution is 6.30. The highest BCUT2D eigenvalue weighted by Crippen LogP contribution is 2.29. The molecular weight excluding hydrogens is 378 g/mol. The zero-order valence-corrected chi connectivity index (χ0v) is 16.2. The van der Waals surface area contributed by atoms with Crippen LogP contribution in [-0.4, -0.2) is 58.9 Å². The lowest BCUT2D eigenvalue weighted by atomic mass is 10.1. The maximum atomic E-state index is 12.9. The van der Waals surface area contributed by atoms with E-state index in [4.69, 9.17) is 11.6 Å². The molecule has 4 rings (SSSR count). The van der Waals surface area contributed by atoms with Gasteiger partial charge in [-0.25, -0.2) is 0 Å². The minimum atomic E-state index is -0.397. The molecular formula is C21H22ClN3O3. The van der Waals surface area contributed by atoms with Crippen molar-refractivity contribution in [1.29, 1.82) is 0 Å². The molecule has 7 heteroatoms. The van der Waals surface area contributed by atoms with Crippen LogP contribution >= 0.6 is 11.6 Å². The van der Waals surface area contributed by atoms with Crippen LogP contribution in [0.3, 0.4) is 0 Å². The van der Waals surface area contributed by atoms with Crippen LogP contribution in [0.2, 0.25) is 5.02 Å². The van der Waals surface area contributed by atoms with Gasteiger partial charge >= 0.3 is 0 Å². The van der Waals surface area contributed by atoms with Gasteiger partial charge in [0.15, 0.2) is 0 Å². The van der Waals surface area contributed by atoms with Gasteiger partial charge in [-0.15, -0.1) is 0 Å². The minimum Gasteiger partial charge on any atom is -0.506 e. The highest BCUT2D eigenvalue weighted by atomic mass is 35.5. The second kappa shape index (κ2) is 7.81. The van der Waals surface area contributed by atoms with Crippen LogP contribution in [0.25, 0.3) is 0 Å². The fraction of sp³-hybridized carbons (Fsp3) is 0.333. The Morgan fingerprint density at radius 2 is 1.64 bits per heavy atom. The smallest absolute Gasteiger partial charge is 0.247 e. The number of benzene rings is 2. The molecule has 0 bridgehead atoms. The van der Waals surface area contributed by atoms with E-state index < -0.39 is 6.04 Å². The molecule has 1 unspecified atom stereocenters. The molecule has 2 aliphatic heterocycles. The SMILES string of the molecule is O=C1CC(N2CCN(c3ccccc3O)CC2)C(=O)N1Cc1ccc(Cl)cc1. The van der Waals surface area contributed by atoms with Gasteiger partial charge in [0.1, 0.15) is 5.75 Å². The number of piperazine rings is 1. The highest BCUT2D eigenvalue weighted by Gasteiger charge is 2.42. The number of anilines is 1. The Morgan fingerprint density at radius 3 is 2.32 bits per heavy atom. The third-order valence-corrected chi connectivity index (χ3v) is 5.70. The summed E-state index contributed by atoms with van der Waals surface area (Å²) in [6.45, 7) is 3.03. The first kappa shape index (κ1) is 18.8. The quantitative estimate of drug-likeness (QED) is 0.800. The average Bonchev–Trinajstić information content (AvgIpc) is 2.98. The fourth-order valence-corrected chi connectivity index (χ4v) is 4.02. The van der Waals surface area contributed by atoms with E-state index in [0.717, 1.165) is 11.3 Å². The van der Waals surface area contributed by atoms with E-state index in [0.29, 0.717) is 31.2 Å². The molecule has 0 radical (unpaired) electrons. The van der Waals surface area contributed by atoms with Crippen molar-refractivity contribution in [3.63, 3.8) is 0 Å². The molecule has 2 aromatic rings. The van der Waals surface area contributed by atoms with Gasteiger partial charge in [0.25, 0.3) is 0 Å². The fourth-order valence-electron chi connectivity index (χ4n) is 3.90. The van der Waals surface area contributed by atoms with Crippen LogP contribution in [0.4, 0.5) is 5.69 Å². The van der Waals surface area contributed by atoms with E-state index in [9.17, 15) is 14.7 Å². The van der Waals surface area contributed by atoms with Gasteiger partial charge < -0.3 is 10.0 Å². The number of aromatic hydroxyl groups is 1. The van der Waals surface area contributed by atoms with Crippen LogP contribution in [0.15, 0.2) is 48.5 Å². The first-order valence-electron chi connectivity index (χ1n) is 9.38. The second-order valence-electron chi connectivity index (χ2n) is 7.18. The summed E-state index contributed by atoms with van der Waals surface area (Å²) in [7, 11) is 0. The molecule has 0 aromatic heterocycles. The first-order valence-corrected chi connectivity index (χ1v) is 9.76. The lowest BCUT2D eigenvalue weighted by molar-refractivity contribution is -0.140. The predicted molar refractivity (Wildman–Crippen MR) is 107 cm³/mol. The number of phenolic OH excluding ortho intramolecular Hbond substituents is 1. The Kier molecular flexibility index (Phi) is 5.24. The maximum Gasteiger partial charge on any atom is 0.247 e. The van der Waals surface area contributed by atoms with E-state index in [1.807, 2.05) is 24.3 Å². The van der Waals surface area contributed by atoms with Gasteiger partial charge in [0.2, 0.25) is 11.8 Å². The van der Waals surface area contributed by atoms with Crippen LogP contribution in [0.5, 0.6) is 5.75 Å². The number of carbonyl (C=O) groups excluding carboxylic acids is 2. The number of phenols is 1. The molecule has 6 nitrogen and oxygen atoms in total. The predicted octanol–water partition coefficient (Wildman–Crippen LogP) is 2.50. The molecule has 2 amide bonds. The lowest BCUT2D eigenvalue weighted by Gasteiger charge is -2.38. The van der Waals surface area contributed by atoms with E-state index in [-0.39, 0.29) is 30.5 Å². The standard InChI is InChI=1S/C21H22ClN3O3/c22-16-7-5-15(6-8-16)14-25-20(27)13-18(21(25)28)24-11-9-23(10-12-24)17-3-1-2-4-19(17)26/h1-8,18,26H,9-14H2. The topological polar surface area (TPSA) is 64.1 Å². The minimum absolute atomic E-state index is 0.129. The van der Waals surface area contributed by atoms with Crippen LogP contribution in [-0.2, 0) is 16.1 Å². The summed E-state index contributed by atoms with van der Waals surface area (Å²) in [5, 5.41) is 10.7. The molecule has 28 heavy (non-hydrogen) atoms. The maximum absolute atomic E-state index is 12.9. The van der Waals surface area contributed by atoms with Crippen molar-refractivity contribution < 1.29 is 14.7 Å². The van der Waals surface area contributed by atoms with Crippen LogP contribution in [0.1, 0.15) is 12.0 Å². The van der Waals surface area contributed by atoms with Crippen LogP contribution < -0.4 is 4.90 Å². The molecule has 2 aromatic carbocycles. The van der Waals surface area contributed by atoms with Crippen LogP contribution in [0, 0.1) is 0 Å². The Hall–Kier alpha value is -2.57. The number of halogens is 1.